The maximum absolute atomic E-state index is 13.1. The van der Waals surface area contributed by atoms with E-state index in [9.17, 15) is 14.7 Å². The van der Waals surface area contributed by atoms with Gasteiger partial charge in [-0.05, 0) is 67.0 Å². The van der Waals surface area contributed by atoms with Gasteiger partial charge >= 0.3 is 0 Å². The molecule has 2 aliphatic rings. The molecule has 2 aromatic rings. The van der Waals surface area contributed by atoms with Crippen molar-refractivity contribution in [2.75, 3.05) is 13.7 Å². The van der Waals surface area contributed by atoms with Gasteiger partial charge in [-0.2, -0.15) is 0 Å². The van der Waals surface area contributed by atoms with E-state index < -0.39 is 17.7 Å². The molecule has 5 nitrogen and oxygen atoms in total. The Kier molecular flexibility index (Phi) is 6.63. The number of aryl methyl sites for hydroxylation is 2. The number of carbonyl (C=O) groups is 2. The number of unbranched alkanes of at least 4 members (excludes halogenated alkanes) is 2. The highest BCUT2D eigenvalue weighted by Gasteiger charge is 2.45. The highest BCUT2D eigenvalue weighted by Crippen LogP contribution is 2.40. The average molecular weight is 434 g/mol. The van der Waals surface area contributed by atoms with E-state index in [0.29, 0.717) is 17.9 Å². The Hall–Kier alpha value is -3.08. The van der Waals surface area contributed by atoms with Crippen LogP contribution in [0.5, 0.6) is 5.75 Å². The van der Waals surface area contributed by atoms with Crippen molar-refractivity contribution in [2.24, 2.45) is 0 Å². The van der Waals surface area contributed by atoms with E-state index in [1.165, 1.54) is 17.5 Å². The van der Waals surface area contributed by atoms with Crippen molar-refractivity contribution in [2.45, 2.75) is 57.9 Å². The third kappa shape index (κ3) is 4.16. The molecule has 4 rings (SSSR count). The van der Waals surface area contributed by atoms with E-state index in [1.807, 2.05) is 42.5 Å². The van der Waals surface area contributed by atoms with Crippen molar-refractivity contribution in [3.05, 3.63) is 70.3 Å². The number of benzene rings is 2. The molecular weight excluding hydrogens is 402 g/mol. The van der Waals surface area contributed by atoms with Gasteiger partial charge in [-0.25, -0.2) is 0 Å². The third-order valence-electron chi connectivity index (χ3n) is 6.57. The van der Waals surface area contributed by atoms with Crippen LogP contribution in [0.2, 0.25) is 0 Å². The van der Waals surface area contributed by atoms with Gasteiger partial charge in [0.05, 0.1) is 18.7 Å². The van der Waals surface area contributed by atoms with Crippen LogP contribution < -0.4 is 4.74 Å². The number of carbonyl (C=O) groups excluding carboxylic acids is 2. The molecule has 168 valence electrons. The lowest BCUT2D eigenvalue weighted by Gasteiger charge is -2.25. The van der Waals surface area contributed by atoms with Crippen LogP contribution in [0.1, 0.15) is 67.3 Å². The van der Waals surface area contributed by atoms with Crippen LogP contribution in [0.25, 0.3) is 5.76 Å². The summed E-state index contributed by atoms with van der Waals surface area (Å²) >= 11 is 0. The Morgan fingerprint density at radius 1 is 1.06 bits per heavy atom. The number of methoxy groups -OCH3 is 1. The van der Waals surface area contributed by atoms with Crippen LogP contribution in [-0.2, 0) is 22.4 Å². The second-order valence-electron chi connectivity index (χ2n) is 8.67. The monoisotopic (exact) mass is 433 g/mol. The van der Waals surface area contributed by atoms with Crippen molar-refractivity contribution in [3.8, 4) is 5.75 Å². The normalized spacial score (nSPS) is 19.8. The number of nitrogens with zero attached hydrogens (tertiary/aromatic N) is 1. The molecule has 1 atom stereocenters. The zero-order valence-electron chi connectivity index (χ0n) is 18.9. The Labute approximate surface area is 189 Å². The summed E-state index contributed by atoms with van der Waals surface area (Å²) in [6, 6.07) is 12.7. The first-order valence-electron chi connectivity index (χ1n) is 11.6. The molecule has 0 bridgehead atoms. The number of hydrogen-bond acceptors (Lipinski definition) is 4. The first-order valence-corrected chi connectivity index (χ1v) is 11.6. The van der Waals surface area contributed by atoms with Crippen LogP contribution >= 0.6 is 0 Å². The molecule has 1 saturated heterocycles. The van der Waals surface area contributed by atoms with Gasteiger partial charge in [0.15, 0.2) is 0 Å². The molecule has 1 aliphatic carbocycles. The summed E-state index contributed by atoms with van der Waals surface area (Å²) in [6.07, 6.45) is 7.12. The second-order valence-corrected chi connectivity index (χ2v) is 8.67. The minimum absolute atomic E-state index is 0.0949. The second kappa shape index (κ2) is 9.60. The minimum atomic E-state index is -0.627. The SMILES string of the molecule is CCCCCN1C(=O)C(=O)/C(=C(\O)c2ccc3c(c2)CCCC3)C1c1cccc(OC)c1. The van der Waals surface area contributed by atoms with Gasteiger partial charge in [-0.15, -0.1) is 0 Å². The number of aliphatic hydroxyl groups is 1. The molecule has 1 heterocycles. The molecule has 1 N–H and O–H groups in total. The summed E-state index contributed by atoms with van der Waals surface area (Å²) in [4.78, 5) is 27.8. The fraction of sp³-hybridized carbons (Fsp3) is 0.407. The molecule has 0 saturated carbocycles. The van der Waals surface area contributed by atoms with E-state index in [0.717, 1.165) is 44.1 Å². The molecule has 5 heteroatoms. The standard InChI is InChI=1S/C27H31NO4/c1-3-4-7-15-28-24(20-11-8-12-22(17-20)32-2)23(26(30)27(28)31)25(29)21-14-13-18-9-5-6-10-19(18)16-21/h8,11-14,16-17,24,29H,3-7,9-10,15H2,1-2H3/b25-23-. The van der Waals surface area contributed by atoms with Gasteiger partial charge in [0.25, 0.3) is 11.7 Å². The number of fused-ring (bicyclic) bond motifs is 1. The maximum atomic E-state index is 13.1. The number of Topliss-reactive ketones (excluding diaryl/α,β-unsaturated/α-hetero) is 1. The zero-order valence-corrected chi connectivity index (χ0v) is 18.9. The van der Waals surface area contributed by atoms with Crippen LogP contribution in [-0.4, -0.2) is 35.4 Å². The average Bonchev–Trinajstić information content (AvgIpc) is 3.08. The van der Waals surface area contributed by atoms with Crippen molar-refractivity contribution < 1.29 is 19.4 Å². The lowest BCUT2D eigenvalue weighted by Crippen LogP contribution is -2.30. The number of amides is 1. The number of ketones is 1. The van der Waals surface area contributed by atoms with E-state index >= 15 is 0 Å². The fourth-order valence-electron chi connectivity index (χ4n) is 4.84. The van der Waals surface area contributed by atoms with Gasteiger partial charge in [0.2, 0.25) is 0 Å². The highest BCUT2D eigenvalue weighted by atomic mass is 16.5. The maximum Gasteiger partial charge on any atom is 0.295 e. The smallest absolute Gasteiger partial charge is 0.295 e. The summed E-state index contributed by atoms with van der Waals surface area (Å²) in [5, 5.41) is 11.3. The molecule has 1 amide bonds. The van der Waals surface area contributed by atoms with Gasteiger partial charge in [-0.1, -0.05) is 44.0 Å². The van der Waals surface area contributed by atoms with Gasteiger partial charge in [0, 0.05) is 12.1 Å². The van der Waals surface area contributed by atoms with Crippen LogP contribution in [0.15, 0.2) is 48.0 Å². The first-order chi connectivity index (χ1) is 15.5. The van der Waals surface area contributed by atoms with E-state index in [1.54, 1.807) is 12.0 Å². The van der Waals surface area contributed by atoms with Gasteiger partial charge in [-0.3, -0.25) is 9.59 Å². The van der Waals surface area contributed by atoms with Crippen LogP contribution in [0, 0.1) is 0 Å². The predicted octanol–water partition coefficient (Wildman–Crippen LogP) is 5.19. The molecule has 1 aliphatic heterocycles. The first kappa shape index (κ1) is 22.1. The molecule has 0 aromatic heterocycles. The Bertz CT molecular complexity index is 1060. The highest BCUT2D eigenvalue weighted by molar-refractivity contribution is 6.46. The number of hydrogen-bond donors (Lipinski definition) is 1. The summed E-state index contributed by atoms with van der Waals surface area (Å²) in [6.45, 7) is 2.57. The van der Waals surface area contributed by atoms with Crippen molar-refractivity contribution in [3.63, 3.8) is 0 Å². The molecule has 0 radical (unpaired) electrons. The van der Waals surface area contributed by atoms with Gasteiger partial charge in [0.1, 0.15) is 11.5 Å². The van der Waals surface area contributed by atoms with Crippen molar-refractivity contribution in [1.29, 1.82) is 0 Å². The lowest BCUT2D eigenvalue weighted by atomic mass is 9.88. The minimum Gasteiger partial charge on any atom is -0.507 e. The van der Waals surface area contributed by atoms with Crippen LogP contribution in [0.3, 0.4) is 0 Å². The quantitative estimate of drug-likeness (QED) is 0.283. The Morgan fingerprint density at radius 2 is 1.84 bits per heavy atom. The molecule has 0 spiro atoms. The molecular formula is C27H31NO4. The number of likely N-dealkylation sites (tertiary alicyclic amines) is 1. The van der Waals surface area contributed by atoms with Gasteiger partial charge < -0.3 is 14.7 Å². The van der Waals surface area contributed by atoms with Crippen molar-refractivity contribution >= 4 is 17.4 Å². The largest absolute Gasteiger partial charge is 0.507 e. The molecule has 2 aromatic carbocycles. The van der Waals surface area contributed by atoms with Crippen LogP contribution in [0.4, 0.5) is 0 Å². The predicted molar refractivity (Wildman–Crippen MR) is 125 cm³/mol. The summed E-state index contributed by atoms with van der Waals surface area (Å²) in [5.41, 5.74) is 4.05. The summed E-state index contributed by atoms with van der Waals surface area (Å²) in [5.74, 6) is -0.615. The third-order valence-corrected chi connectivity index (χ3v) is 6.57. The van der Waals surface area contributed by atoms with E-state index in [-0.39, 0.29) is 11.3 Å². The number of rotatable bonds is 7. The lowest BCUT2D eigenvalue weighted by molar-refractivity contribution is -0.139. The zero-order chi connectivity index (χ0) is 22.7. The Balaban J connectivity index is 1.81. The molecule has 1 fully saturated rings. The molecule has 32 heavy (non-hydrogen) atoms. The van der Waals surface area contributed by atoms with Crippen molar-refractivity contribution in [1.82, 2.24) is 4.90 Å². The van der Waals surface area contributed by atoms with E-state index in [2.05, 4.69) is 6.92 Å². The van der Waals surface area contributed by atoms with E-state index in [4.69, 9.17) is 4.74 Å². The molecule has 1 unspecified atom stereocenters. The summed E-state index contributed by atoms with van der Waals surface area (Å²) in [7, 11) is 1.59. The summed E-state index contributed by atoms with van der Waals surface area (Å²) < 4.78 is 5.38. The Morgan fingerprint density at radius 3 is 2.59 bits per heavy atom. The number of aliphatic hydroxyl groups excluding tert-OH is 1. The topological polar surface area (TPSA) is 66.8 Å². The number of ether oxygens (including phenoxy) is 1. The fourth-order valence-corrected chi connectivity index (χ4v) is 4.84.